The molecule has 7 nitrogen and oxygen atoms in total. The SMILES string of the molecule is COCCN1C[C@@]2(CCCN(C(=O)c3ccc(N)nc3)C2)CCC1=O. The zero-order valence-corrected chi connectivity index (χ0v) is 14.7. The largest absolute Gasteiger partial charge is 0.384 e. The van der Waals surface area contributed by atoms with Gasteiger partial charge in [-0.2, -0.15) is 0 Å². The average molecular weight is 346 g/mol. The van der Waals surface area contributed by atoms with Crippen LogP contribution in [0.5, 0.6) is 0 Å². The molecule has 2 amide bonds. The highest BCUT2D eigenvalue weighted by Gasteiger charge is 2.42. The van der Waals surface area contributed by atoms with Crippen molar-refractivity contribution in [1.82, 2.24) is 14.8 Å². The van der Waals surface area contributed by atoms with Crippen LogP contribution in [0, 0.1) is 5.41 Å². The molecule has 0 aromatic carbocycles. The Labute approximate surface area is 148 Å². The van der Waals surface area contributed by atoms with E-state index in [0.717, 1.165) is 25.8 Å². The smallest absolute Gasteiger partial charge is 0.255 e. The summed E-state index contributed by atoms with van der Waals surface area (Å²) in [7, 11) is 1.64. The van der Waals surface area contributed by atoms with Crippen LogP contribution in [0.4, 0.5) is 5.82 Å². The van der Waals surface area contributed by atoms with Crippen LogP contribution in [0.3, 0.4) is 0 Å². The van der Waals surface area contributed by atoms with Gasteiger partial charge >= 0.3 is 0 Å². The summed E-state index contributed by atoms with van der Waals surface area (Å²) in [6.07, 6.45) is 4.94. The number of nitrogen functional groups attached to an aromatic ring is 1. The number of likely N-dealkylation sites (tertiary alicyclic amines) is 2. The molecule has 0 saturated carbocycles. The van der Waals surface area contributed by atoms with Gasteiger partial charge in [-0.1, -0.05) is 0 Å². The number of aromatic nitrogens is 1. The standard InChI is InChI=1S/C18H26N4O3/c1-25-10-9-21-12-18(7-5-16(21)23)6-2-8-22(13-18)17(24)14-3-4-15(19)20-11-14/h3-4,11H,2,5-10,12-13H2,1H3,(H2,19,20)/t18-/m1/s1. The van der Waals surface area contributed by atoms with Gasteiger partial charge in [0, 0.05) is 51.3 Å². The van der Waals surface area contributed by atoms with E-state index in [9.17, 15) is 9.59 Å². The minimum atomic E-state index is -0.00748. The van der Waals surface area contributed by atoms with Gasteiger partial charge in [-0.15, -0.1) is 0 Å². The third-order valence-electron chi connectivity index (χ3n) is 5.30. The Balaban J connectivity index is 1.70. The molecule has 0 unspecified atom stereocenters. The molecule has 0 aliphatic carbocycles. The summed E-state index contributed by atoms with van der Waals surface area (Å²) in [6, 6.07) is 3.37. The molecule has 1 spiro atoms. The van der Waals surface area contributed by atoms with E-state index >= 15 is 0 Å². The Morgan fingerprint density at radius 2 is 2.20 bits per heavy atom. The minimum absolute atomic E-state index is 0.00318. The Morgan fingerprint density at radius 3 is 2.92 bits per heavy atom. The highest BCUT2D eigenvalue weighted by atomic mass is 16.5. The summed E-state index contributed by atoms with van der Waals surface area (Å²) in [5, 5.41) is 0. The van der Waals surface area contributed by atoms with Gasteiger partial charge < -0.3 is 20.3 Å². The molecule has 7 heteroatoms. The summed E-state index contributed by atoms with van der Waals surface area (Å²) in [4.78, 5) is 32.8. The van der Waals surface area contributed by atoms with Crippen molar-refractivity contribution >= 4 is 17.6 Å². The molecular formula is C18H26N4O3. The van der Waals surface area contributed by atoms with Crippen molar-refractivity contribution < 1.29 is 14.3 Å². The molecule has 1 aromatic rings. The van der Waals surface area contributed by atoms with Gasteiger partial charge in [-0.05, 0) is 31.4 Å². The lowest BCUT2D eigenvalue weighted by molar-refractivity contribution is -0.139. The number of nitrogens with zero attached hydrogens (tertiary/aromatic N) is 3. The van der Waals surface area contributed by atoms with E-state index in [-0.39, 0.29) is 17.2 Å². The van der Waals surface area contributed by atoms with Crippen molar-refractivity contribution in [2.45, 2.75) is 25.7 Å². The lowest BCUT2D eigenvalue weighted by Crippen LogP contribution is -2.55. The number of pyridine rings is 1. The molecule has 2 saturated heterocycles. The minimum Gasteiger partial charge on any atom is -0.384 e. The van der Waals surface area contributed by atoms with Gasteiger partial charge in [0.05, 0.1) is 12.2 Å². The van der Waals surface area contributed by atoms with Crippen molar-refractivity contribution in [1.29, 1.82) is 0 Å². The van der Waals surface area contributed by atoms with E-state index in [1.807, 2.05) is 9.80 Å². The second-order valence-corrected chi connectivity index (χ2v) is 7.11. The molecule has 0 bridgehead atoms. The fourth-order valence-electron chi connectivity index (χ4n) is 3.94. The summed E-state index contributed by atoms with van der Waals surface area (Å²) in [5.74, 6) is 0.590. The van der Waals surface area contributed by atoms with Crippen LogP contribution in [0.25, 0.3) is 0 Å². The lowest BCUT2D eigenvalue weighted by atomic mass is 9.73. The van der Waals surface area contributed by atoms with Gasteiger partial charge in [-0.3, -0.25) is 9.59 Å². The molecule has 2 aliphatic rings. The summed E-state index contributed by atoms with van der Waals surface area (Å²) in [6.45, 7) is 3.30. The number of ether oxygens (including phenoxy) is 1. The van der Waals surface area contributed by atoms with Crippen molar-refractivity contribution in [3.8, 4) is 0 Å². The number of nitrogens with two attached hydrogens (primary N) is 1. The monoisotopic (exact) mass is 346 g/mol. The van der Waals surface area contributed by atoms with E-state index in [1.165, 1.54) is 6.20 Å². The Kier molecular flexibility index (Phi) is 5.22. The molecule has 25 heavy (non-hydrogen) atoms. The molecule has 2 fully saturated rings. The van der Waals surface area contributed by atoms with Gasteiger partial charge in [0.1, 0.15) is 5.82 Å². The van der Waals surface area contributed by atoms with Crippen molar-refractivity contribution in [2.75, 3.05) is 45.6 Å². The van der Waals surface area contributed by atoms with Gasteiger partial charge in [0.2, 0.25) is 5.91 Å². The summed E-state index contributed by atoms with van der Waals surface area (Å²) >= 11 is 0. The Bertz CT molecular complexity index is 634. The van der Waals surface area contributed by atoms with E-state index in [4.69, 9.17) is 10.5 Å². The molecule has 3 rings (SSSR count). The molecule has 3 heterocycles. The van der Waals surface area contributed by atoms with Gasteiger partial charge in [-0.25, -0.2) is 4.98 Å². The predicted molar refractivity (Wildman–Crippen MR) is 93.9 cm³/mol. The molecular weight excluding hydrogens is 320 g/mol. The highest BCUT2D eigenvalue weighted by molar-refractivity contribution is 5.94. The predicted octanol–water partition coefficient (Wildman–Crippen LogP) is 1.15. The van der Waals surface area contributed by atoms with Crippen molar-refractivity contribution in [3.63, 3.8) is 0 Å². The Morgan fingerprint density at radius 1 is 1.36 bits per heavy atom. The topological polar surface area (TPSA) is 88.8 Å². The third kappa shape index (κ3) is 3.92. The molecule has 1 atom stereocenters. The van der Waals surface area contributed by atoms with Crippen molar-refractivity contribution in [3.05, 3.63) is 23.9 Å². The molecule has 136 valence electrons. The second kappa shape index (κ2) is 7.39. The zero-order valence-electron chi connectivity index (χ0n) is 14.7. The van der Waals surface area contributed by atoms with Crippen LogP contribution in [0.1, 0.15) is 36.0 Å². The maximum absolute atomic E-state index is 12.8. The quantitative estimate of drug-likeness (QED) is 0.884. The molecule has 0 radical (unpaired) electrons. The molecule has 1 aromatic heterocycles. The van der Waals surface area contributed by atoms with Crippen LogP contribution in [0.2, 0.25) is 0 Å². The number of carbonyl (C=O) groups is 2. The van der Waals surface area contributed by atoms with Gasteiger partial charge in [0.25, 0.3) is 5.91 Å². The fourth-order valence-corrected chi connectivity index (χ4v) is 3.94. The maximum atomic E-state index is 12.8. The normalized spacial score (nSPS) is 24.0. The number of amides is 2. The number of rotatable bonds is 4. The first-order valence-corrected chi connectivity index (χ1v) is 8.80. The first kappa shape index (κ1) is 17.7. The zero-order chi connectivity index (χ0) is 17.9. The number of hydrogen-bond acceptors (Lipinski definition) is 5. The van der Waals surface area contributed by atoms with E-state index in [0.29, 0.717) is 44.0 Å². The summed E-state index contributed by atoms with van der Waals surface area (Å²) < 4.78 is 5.12. The number of methoxy groups -OCH3 is 1. The first-order valence-electron chi connectivity index (χ1n) is 8.80. The van der Waals surface area contributed by atoms with Crippen LogP contribution >= 0.6 is 0 Å². The number of piperidine rings is 2. The maximum Gasteiger partial charge on any atom is 0.255 e. The summed E-state index contributed by atoms with van der Waals surface area (Å²) in [5.41, 5.74) is 6.16. The molecule has 2 N–H and O–H groups in total. The van der Waals surface area contributed by atoms with E-state index in [1.54, 1.807) is 19.2 Å². The van der Waals surface area contributed by atoms with Crippen molar-refractivity contribution in [2.24, 2.45) is 5.41 Å². The second-order valence-electron chi connectivity index (χ2n) is 7.11. The fraction of sp³-hybridized carbons (Fsp3) is 0.611. The van der Waals surface area contributed by atoms with E-state index in [2.05, 4.69) is 4.98 Å². The van der Waals surface area contributed by atoms with Crippen LogP contribution < -0.4 is 5.73 Å². The average Bonchev–Trinajstić information content (AvgIpc) is 2.63. The number of hydrogen-bond donors (Lipinski definition) is 1. The third-order valence-corrected chi connectivity index (χ3v) is 5.30. The number of carbonyl (C=O) groups excluding carboxylic acids is 2. The van der Waals surface area contributed by atoms with Crippen LogP contribution in [-0.4, -0.2) is 66.5 Å². The number of anilines is 1. The first-order chi connectivity index (χ1) is 12.0. The van der Waals surface area contributed by atoms with E-state index < -0.39 is 0 Å². The van der Waals surface area contributed by atoms with Crippen LogP contribution in [-0.2, 0) is 9.53 Å². The lowest BCUT2D eigenvalue weighted by Gasteiger charge is -2.48. The van der Waals surface area contributed by atoms with Crippen LogP contribution in [0.15, 0.2) is 18.3 Å². The molecule has 2 aliphatic heterocycles. The van der Waals surface area contributed by atoms with Gasteiger partial charge in [0.15, 0.2) is 0 Å². The highest BCUT2D eigenvalue weighted by Crippen LogP contribution is 2.39. The Hall–Kier alpha value is -2.15.